The molecule has 0 unspecified atom stereocenters. The van der Waals surface area contributed by atoms with Crippen LogP contribution in [0.4, 0.5) is 13.2 Å². The monoisotopic (exact) mass is 482 g/mol. The number of alkyl halides is 3. The minimum Gasteiger partial charge on any atom is -0.480 e. The average Bonchev–Trinajstić information content (AvgIpc) is 3.29. The van der Waals surface area contributed by atoms with Crippen molar-refractivity contribution in [1.29, 1.82) is 0 Å². The second-order valence-electron chi connectivity index (χ2n) is 8.19. The number of methoxy groups -OCH3 is 2. The van der Waals surface area contributed by atoms with Gasteiger partial charge in [0.15, 0.2) is 16.9 Å². The first-order chi connectivity index (χ1) is 16.9. The molecule has 1 fully saturated rings. The van der Waals surface area contributed by atoms with Gasteiger partial charge in [0, 0.05) is 24.2 Å². The third-order valence-corrected chi connectivity index (χ3v) is 6.15. The Bertz CT molecular complexity index is 1580. The normalized spacial score (nSPS) is 17.7. The minimum absolute atomic E-state index is 0.0140. The van der Waals surface area contributed by atoms with Gasteiger partial charge in [-0.15, -0.1) is 0 Å². The summed E-state index contributed by atoms with van der Waals surface area (Å²) in [6, 6.07) is 6.90. The van der Waals surface area contributed by atoms with Gasteiger partial charge >= 0.3 is 12.2 Å². The summed E-state index contributed by atoms with van der Waals surface area (Å²) in [6.07, 6.45) is 1.11. The summed E-state index contributed by atoms with van der Waals surface area (Å²) in [4.78, 5) is 12.8. The maximum Gasteiger partial charge on any atom is 0.437 e. The maximum absolute atomic E-state index is 13.3. The van der Waals surface area contributed by atoms with Crippen molar-refractivity contribution in [2.24, 2.45) is 0 Å². The Morgan fingerprint density at radius 3 is 2.71 bits per heavy atom. The lowest BCUT2D eigenvalue weighted by Gasteiger charge is -2.11. The van der Waals surface area contributed by atoms with Crippen molar-refractivity contribution >= 4 is 16.6 Å². The molecule has 6 rings (SSSR count). The van der Waals surface area contributed by atoms with Gasteiger partial charge in [-0.2, -0.15) is 23.3 Å². The second kappa shape index (κ2) is 7.65. The summed E-state index contributed by atoms with van der Waals surface area (Å²) in [6.45, 7) is 0. The van der Waals surface area contributed by atoms with Crippen LogP contribution in [0.1, 0.15) is 35.1 Å². The van der Waals surface area contributed by atoms with Gasteiger partial charge in [-0.05, 0) is 42.0 Å². The fourth-order valence-electron chi connectivity index (χ4n) is 4.42. The van der Waals surface area contributed by atoms with Crippen molar-refractivity contribution in [2.75, 3.05) is 14.2 Å². The second-order valence-corrected chi connectivity index (χ2v) is 8.19. The van der Waals surface area contributed by atoms with Gasteiger partial charge in [-0.1, -0.05) is 11.2 Å². The summed E-state index contributed by atoms with van der Waals surface area (Å²) >= 11 is 0. The number of benzene rings is 1. The third-order valence-electron chi connectivity index (χ3n) is 6.15. The Labute approximate surface area is 195 Å². The largest absolute Gasteiger partial charge is 0.480 e. The number of fused-ring (bicyclic) bond motifs is 2. The van der Waals surface area contributed by atoms with Crippen LogP contribution in [-0.4, -0.2) is 43.9 Å². The molecule has 0 bridgehead atoms. The number of hydrogen-bond donors (Lipinski definition) is 0. The molecule has 2 atom stereocenters. The smallest absolute Gasteiger partial charge is 0.437 e. The summed E-state index contributed by atoms with van der Waals surface area (Å²) in [7, 11) is 2.96. The van der Waals surface area contributed by atoms with Crippen LogP contribution in [0.3, 0.4) is 0 Å². The molecule has 0 aliphatic heterocycles. The number of imidazole rings is 1. The molecule has 4 heterocycles. The molecule has 9 nitrogen and oxygen atoms in total. The van der Waals surface area contributed by atoms with Gasteiger partial charge in [-0.25, -0.2) is 14.5 Å². The topological polar surface area (TPSA) is 100 Å². The highest BCUT2D eigenvalue weighted by atomic mass is 19.4. The fourth-order valence-corrected chi connectivity index (χ4v) is 4.42. The van der Waals surface area contributed by atoms with Crippen LogP contribution < -0.4 is 9.47 Å². The first-order valence-corrected chi connectivity index (χ1v) is 10.6. The highest BCUT2D eigenvalue weighted by Gasteiger charge is 2.43. The van der Waals surface area contributed by atoms with Crippen molar-refractivity contribution in [1.82, 2.24) is 29.7 Å². The molecule has 4 aromatic heterocycles. The van der Waals surface area contributed by atoms with Crippen LogP contribution in [-0.2, 0) is 6.18 Å². The van der Waals surface area contributed by atoms with E-state index in [4.69, 9.17) is 14.0 Å². The van der Waals surface area contributed by atoms with Crippen LogP contribution in [0, 0.1) is 0 Å². The van der Waals surface area contributed by atoms with Gasteiger partial charge in [0.25, 0.3) is 0 Å². The Hall–Kier alpha value is -4.22. The number of rotatable bonds is 5. The number of ether oxygens (including phenoxy) is 2. The predicted molar refractivity (Wildman–Crippen MR) is 116 cm³/mol. The zero-order chi connectivity index (χ0) is 24.3. The first kappa shape index (κ1) is 21.3. The minimum atomic E-state index is -4.59. The van der Waals surface area contributed by atoms with Crippen molar-refractivity contribution in [3.8, 4) is 23.1 Å². The molecule has 178 valence electrons. The Morgan fingerprint density at radius 2 is 1.94 bits per heavy atom. The number of halogens is 3. The van der Waals surface area contributed by atoms with E-state index in [9.17, 15) is 13.2 Å². The molecule has 0 amide bonds. The standard InChI is InChI=1S/C23H17F3N6O3/c1-33-21-16(10-28-22(29-21)34-2)17-9-14(20-27-5-6-32(20)30-17)13-8-12(13)11-3-4-18-15(7-11)19(31-35-18)23(24,25)26/h3-7,9-10,12-13H,8H2,1-2H3/t12-,13+/m1/s1. The maximum atomic E-state index is 13.3. The van der Waals surface area contributed by atoms with Crippen LogP contribution in [0.15, 0.2) is 47.4 Å². The average molecular weight is 482 g/mol. The molecule has 1 saturated carbocycles. The molecule has 1 aromatic carbocycles. The van der Waals surface area contributed by atoms with Crippen molar-refractivity contribution in [3.05, 3.63) is 59.7 Å². The summed E-state index contributed by atoms with van der Waals surface area (Å²) in [5.74, 6) is 0.360. The summed E-state index contributed by atoms with van der Waals surface area (Å²) < 4.78 is 57.0. The summed E-state index contributed by atoms with van der Waals surface area (Å²) in [5, 5.41) is 7.80. The molecular formula is C23H17F3N6O3. The first-order valence-electron chi connectivity index (χ1n) is 10.6. The van der Waals surface area contributed by atoms with Crippen molar-refractivity contribution in [2.45, 2.75) is 24.4 Å². The predicted octanol–water partition coefficient (Wildman–Crippen LogP) is 4.63. The van der Waals surface area contributed by atoms with E-state index in [2.05, 4.69) is 25.2 Å². The van der Waals surface area contributed by atoms with Gasteiger partial charge in [0.2, 0.25) is 5.88 Å². The van der Waals surface area contributed by atoms with Crippen molar-refractivity contribution < 1.29 is 27.2 Å². The zero-order valence-electron chi connectivity index (χ0n) is 18.4. The lowest BCUT2D eigenvalue weighted by Crippen LogP contribution is -2.05. The van der Waals surface area contributed by atoms with Crippen LogP contribution in [0.25, 0.3) is 27.9 Å². The van der Waals surface area contributed by atoms with Gasteiger partial charge in [-0.3, -0.25) is 0 Å². The van der Waals surface area contributed by atoms with E-state index in [1.807, 2.05) is 6.07 Å². The lowest BCUT2D eigenvalue weighted by atomic mass is 10.0. The van der Waals surface area contributed by atoms with E-state index in [1.165, 1.54) is 26.4 Å². The molecule has 0 radical (unpaired) electrons. The molecule has 0 saturated heterocycles. The van der Waals surface area contributed by atoms with E-state index in [1.54, 1.807) is 29.2 Å². The molecule has 12 heteroatoms. The Balaban J connectivity index is 1.40. The van der Waals surface area contributed by atoms with Crippen LogP contribution >= 0.6 is 0 Å². The van der Waals surface area contributed by atoms with E-state index in [-0.39, 0.29) is 28.8 Å². The SMILES string of the molecule is COc1ncc(-c2cc([C@H]3C[C@@H]3c3ccc4onc(C(F)(F)F)c4c3)c3nccn3n2)c(OC)n1. The van der Waals surface area contributed by atoms with E-state index in [0.29, 0.717) is 22.8 Å². The molecule has 1 aliphatic carbocycles. The quantitative estimate of drug-likeness (QED) is 0.357. The molecule has 0 N–H and O–H groups in total. The lowest BCUT2D eigenvalue weighted by molar-refractivity contribution is -0.141. The molecule has 0 spiro atoms. The molecule has 5 aromatic rings. The number of aromatic nitrogens is 6. The van der Waals surface area contributed by atoms with Gasteiger partial charge in [0.1, 0.15) is 0 Å². The van der Waals surface area contributed by atoms with Gasteiger partial charge in [0.05, 0.1) is 30.9 Å². The molecule has 1 aliphatic rings. The highest BCUT2D eigenvalue weighted by Crippen LogP contribution is 2.56. The van der Waals surface area contributed by atoms with Crippen LogP contribution in [0.2, 0.25) is 0 Å². The molecule has 35 heavy (non-hydrogen) atoms. The number of hydrogen-bond acceptors (Lipinski definition) is 8. The van der Waals surface area contributed by atoms with E-state index in [0.717, 1.165) is 17.5 Å². The van der Waals surface area contributed by atoms with Gasteiger partial charge < -0.3 is 14.0 Å². The third kappa shape index (κ3) is 3.52. The Morgan fingerprint density at radius 1 is 1.09 bits per heavy atom. The van der Waals surface area contributed by atoms with E-state index >= 15 is 0 Å². The van der Waals surface area contributed by atoms with E-state index < -0.39 is 11.9 Å². The van der Waals surface area contributed by atoms with Crippen LogP contribution in [0.5, 0.6) is 11.9 Å². The highest BCUT2D eigenvalue weighted by molar-refractivity contribution is 5.81. The summed E-state index contributed by atoms with van der Waals surface area (Å²) in [5.41, 5.74) is 2.62. The van der Waals surface area contributed by atoms with Crippen molar-refractivity contribution in [3.63, 3.8) is 0 Å². The molecular weight excluding hydrogens is 465 g/mol. The fraction of sp³-hybridized carbons (Fsp3) is 0.261. The number of nitrogens with zero attached hydrogens (tertiary/aromatic N) is 6. The Kier molecular flexibility index (Phi) is 4.66. The zero-order valence-corrected chi connectivity index (χ0v) is 18.4.